The zero-order chi connectivity index (χ0) is 51.5. The lowest BCUT2D eigenvalue weighted by Gasteiger charge is -2.25. The number of hydrogen-bond donors (Lipinski definition) is 8. The molecule has 23 heteroatoms. The molecule has 8 amide bonds. The summed E-state index contributed by atoms with van der Waals surface area (Å²) in [5.74, 6) is -1.18. The summed E-state index contributed by atoms with van der Waals surface area (Å²) in [5, 5.41) is 26.3. The highest BCUT2D eigenvalue weighted by atomic mass is 32.2. The van der Waals surface area contributed by atoms with E-state index in [0.29, 0.717) is 109 Å². The monoisotopic (exact) mass is 1020 g/mol. The van der Waals surface area contributed by atoms with Gasteiger partial charge in [-0.2, -0.15) is 11.8 Å². The Hall–Kier alpha value is -5.19. The SMILES string of the molecule is C[N+](C)(C)CCCC[C@H](NC(=O)CN=[N+]=[N-])C(=O)N[C@@H](Cc1ccccc1)C(=O)NCC(=O)NCCCCCC(=O)NCCCOCCOCCOCCCNC(=O)CCCC[C@@H]1SC[C@@H]2NC(=O)N[C@@H]21. The summed E-state index contributed by atoms with van der Waals surface area (Å²) < 4.78 is 17.4. The van der Waals surface area contributed by atoms with Crippen molar-refractivity contribution in [3.8, 4) is 0 Å². The van der Waals surface area contributed by atoms with Crippen LogP contribution in [0.1, 0.15) is 89.0 Å². The van der Waals surface area contributed by atoms with Crippen molar-refractivity contribution in [1.29, 1.82) is 0 Å². The van der Waals surface area contributed by atoms with Gasteiger partial charge in [0, 0.05) is 68.0 Å². The third-order valence-corrected chi connectivity index (χ3v) is 13.2. The van der Waals surface area contributed by atoms with E-state index < -0.39 is 42.3 Å². The Labute approximate surface area is 423 Å². The molecule has 1 aromatic carbocycles. The molecule has 22 nitrogen and oxygen atoms in total. The standard InChI is InChI=1S/C48H80N12O10S/c1-60(2,3)25-13-11-18-37(55-44(64)34-54-59-49)47(66)56-38(32-36-16-6-4-7-17-36)46(65)53-33-43(63)52-22-12-5-8-20-41(61)50-23-14-26-68-28-30-70-31-29-69-27-15-24-51-42(62)21-10-9-19-40-45-39(35-71-40)57-48(67)58-45/h4,6-7,16-17,37-40,45H,5,8-15,18-35H2,1-3H3,(H7-,50,51,52,53,55,56,57,58,61,62,63,64,65,66,67)/p+1/t37-,38-,39-,40-,45-/m0/s1. The molecule has 2 heterocycles. The Bertz CT molecular complexity index is 1820. The fourth-order valence-corrected chi connectivity index (χ4v) is 9.38. The van der Waals surface area contributed by atoms with Crippen LogP contribution >= 0.6 is 11.8 Å². The van der Waals surface area contributed by atoms with Crippen molar-refractivity contribution >= 4 is 53.2 Å². The number of rotatable bonds is 40. The lowest BCUT2D eigenvalue weighted by atomic mass is 10.0. The molecule has 1 aromatic rings. The number of ether oxygens (including phenoxy) is 3. The molecule has 0 saturated carbocycles. The minimum atomic E-state index is -1.04. The summed E-state index contributed by atoms with van der Waals surface area (Å²) in [4.78, 5) is 90.5. The summed E-state index contributed by atoms with van der Waals surface area (Å²) in [6, 6.07) is 7.47. The number of unbranched alkanes of at least 4 members (excludes halogenated alkanes) is 4. The van der Waals surface area contributed by atoms with Crippen molar-refractivity contribution in [2.45, 2.75) is 119 Å². The Balaban J connectivity index is 1.14. The maximum atomic E-state index is 13.5. The van der Waals surface area contributed by atoms with E-state index in [-0.39, 0.29) is 42.9 Å². The third kappa shape index (κ3) is 28.4. The highest BCUT2D eigenvalue weighted by molar-refractivity contribution is 8.00. The summed E-state index contributed by atoms with van der Waals surface area (Å²) in [5.41, 5.74) is 9.42. The second kappa shape index (κ2) is 35.8. The number of amides is 8. The number of quaternary nitrogens is 1. The lowest BCUT2D eigenvalue weighted by molar-refractivity contribution is -0.870. The largest absolute Gasteiger partial charge is 0.379 e. The van der Waals surface area contributed by atoms with Gasteiger partial charge in [-0.15, -0.1) is 0 Å². The number of hydrogen-bond acceptors (Lipinski definition) is 12. The number of nitrogens with one attached hydrogen (secondary N) is 8. The van der Waals surface area contributed by atoms with E-state index in [0.717, 1.165) is 60.9 Å². The predicted octanol–water partition coefficient (Wildman–Crippen LogP) is 1.97. The smallest absolute Gasteiger partial charge is 0.315 e. The van der Waals surface area contributed by atoms with E-state index in [1.807, 2.05) is 42.1 Å². The highest BCUT2D eigenvalue weighted by Gasteiger charge is 2.42. The average molecular weight is 1020 g/mol. The average Bonchev–Trinajstić information content (AvgIpc) is 3.90. The van der Waals surface area contributed by atoms with Crippen LogP contribution in [0.2, 0.25) is 0 Å². The normalized spacial score (nSPS) is 16.8. The molecule has 2 aliphatic rings. The number of thioether (sulfide) groups is 1. The molecule has 0 spiro atoms. The van der Waals surface area contributed by atoms with E-state index in [2.05, 4.69) is 73.7 Å². The molecule has 0 unspecified atom stereocenters. The maximum absolute atomic E-state index is 13.5. The van der Waals surface area contributed by atoms with Gasteiger partial charge in [0.1, 0.15) is 18.6 Å². The van der Waals surface area contributed by atoms with Gasteiger partial charge in [-0.25, -0.2) is 4.79 Å². The first-order valence-corrected chi connectivity index (χ1v) is 26.2. The van der Waals surface area contributed by atoms with Crippen LogP contribution < -0.4 is 42.5 Å². The van der Waals surface area contributed by atoms with Crippen molar-refractivity contribution in [3.63, 3.8) is 0 Å². The van der Waals surface area contributed by atoms with Gasteiger partial charge in [0.15, 0.2) is 0 Å². The number of azide groups is 1. The van der Waals surface area contributed by atoms with Gasteiger partial charge in [-0.3, -0.25) is 28.8 Å². The fraction of sp³-hybridized carbons (Fsp3) is 0.729. The number of carbonyl (C=O) groups excluding carboxylic acids is 7. The first-order chi connectivity index (χ1) is 34.2. The molecule has 398 valence electrons. The Morgan fingerprint density at radius 1 is 0.704 bits per heavy atom. The molecular weight excluding hydrogens is 937 g/mol. The number of urea groups is 1. The van der Waals surface area contributed by atoms with Gasteiger partial charge in [0.2, 0.25) is 35.4 Å². The molecule has 0 bridgehead atoms. The predicted molar refractivity (Wildman–Crippen MR) is 271 cm³/mol. The molecule has 2 fully saturated rings. The lowest BCUT2D eigenvalue weighted by Crippen LogP contribution is -2.55. The van der Waals surface area contributed by atoms with Crippen molar-refractivity contribution < 1.29 is 52.3 Å². The number of carbonyl (C=O) groups is 7. The fourth-order valence-electron chi connectivity index (χ4n) is 7.84. The van der Waals surface area contributed by atoms with E-state index in [4.69, 9.17) is 19.7 Å². The molecule has 0 radical (unpaired) electrons. The second-order valence-corrected chi connectivity index (χ2v) is 20.0. The summed E-state index contributed by atoms with van der Waals surface area (Å²) in [7, 11) is 6.18. The van der Waals surface area contributed by atoms with E-state index in [9.17, 15) is 33.6 Å². The van der Waals surface area contributed by atoms with Gasteiger partial charge in [-0.1, -0.05) is 48.3 Å². The maximum Gasteiger partial charge on any atom is 0.315 e. The Morgan fingerprint density at radius 3 is 1.97 bits per heavy atom. The molecule has 0 aromatic heterocycles. The molecule has 0 aliphatic carbocycles. The Kier molecular flexibility index (Phi) is 30.3. The molecule has 2 saturated heterocycles. The first-order valence-electron chi connectivity index (χ1n) is 25.2. The Morgan fingerprint density at radius 2 is 1.32 bits per heavy atom. The van der Waals surface area contributed by atoms with E-state index in [1.165, 1.54) is 0 Å². The minimum Gasteiger partial charge on any atom is -0.379 e. The molecular formula is C48H81N12O10S+. The van der Waals surface area contributed by atoms with Gasteiger partial charge in [0.05, 0.1) is 72.7 Å². The zero-order valence-corrected chi connectivity index (χ0v) is 43.0. The van der Waals surface area contributed by atoms with Gasteiger partial charge in [0.25, 0.3) is 0 Å². The zero-order valence-electron chi connectivity index (χ0n) is 42.1. The van der Waals surface area contributed by atoms with Crippen molar-refractivity contribution in [2.75, 3.05) is 106 Å². The van der Waals surface area contributed by atoms with Gasteiger partial charge < -0.3 is 61.2 Å². The third-order valence-electron chi connectivity index (χ3n) is 11.6. The van der Waals surface area contributed by atoms with Crippen LogP contribution in [0.15, 0.2) is 35.4 Å². The number of nitrogens with zero attached hydrogens (tertiary/aromatic N) is 4. The second-order valence-electron chi connectivity index (χ2n) is 18.8. The van der Waals surface area contributed by atoms with Crippen LogP contribution in [0.4, 0.5) is 4.79 Å². The summed E-state index contributed by atoms with van der Waals surface area (Å²) in [6.45, 7) is 4.33. The van der Waals surface area contributed by atoms with Crippen molar-refractivity contribution in [1.82, 2.24) is 42.5 Å². The van der Waals surface area contributed by atoms with E-state index >= 15 is 0 Å². The molecule has 8 N–H and O–H groups in total. The van der Waals surface area contributed by atoms with Crippen LogP contribution in [0.5, 0.6) is 0 Å². The number of benzene rings is 1. The van der Waals surface area contributed by atoms with Crippen LogP contribution in [-0.4, -0.2) is 181 Å². The van der Waals surface area contributed by atoms with Gasteiger partial charge >= 0.3 is 6.03 Å². The van der Waals surface area contributed by atoms with Crippen LogP contribution in [-0.2, 0) is 49.4 Å². The van der Waals surface area contributed by atoms with Crippen LogP contribution in [0.25, 0.3) is 10.4 Å². The van der Waals surface area contributed by atoms with Crippen molar-refractivity contribution in [3.05, 3.63) is 46.3 Å². The highest BCUT2D eigenvalue weighted by Crippen LogP contribution is 2.33. The summed E-state index contributed by atoms with van der Waals surface area (Å²) in [6.07, 6.45) is 8.97. The first kappa shape index (κ1) is 60.1. The minimum absolute atomic E-state index is 0.0513. The molecule has 71 heavy (non-hydrogen) atoms. The quantitative estimate of drug-likeness (QED) is 0.0117. The number of fused-ring (bicyclic) bond motifs is 1. The van der Waals surface area contributed by atoms with Crippen molar-refractivity contribution in [2.24, 2.45) is 5.11 Å². The molecule has 2 aliphatic heterocycles. The van der Waals surface area contributed by atoms with E-state index in [1.54, 1.807) is 0 Å². The molecule has 3 rings (SSSR count). The topological polar surface area (TPSA) is 292 Å². The molecule has 5 atom stereocenters. The summed E-state index contributed by atoms with van der Waals surface area (Å²) >= 11 is 1.89. The van der Waals surface area contributed by atoms with Crippen LogP contribution in [0, 0.1) is 0 Å². The van der Waals surface area contributed by atoms with Crippen LogP contribution in [0.3, 0.4) is 0 Å². The van der Waals surface area contributed by atoms with Gasteiger partial charge in [-0.05, 0) is 68.9 Å².